The van der Waals surface area contributed by atoms with Crippen molar-refractivity contribution in [2.75, 3.05) is 13.7 Å². The molecule has 0 spiro atoms. The molecule has 4 rings (SSSR count). The minimum atomic E-state index is -3.72. The van der Waals surface area contributed by atoms with Crippen LogP contribution in [0.25, 0.3) is 0 Å². The van der Waals surface area contributed by atoms with Crippen LogP contribution in [0.2, 0.25) is 0 Å². The first-order valence-corrected chi connectivity index (χ1v) is 9.94. The van der Waals surface area contributed by atoms with E-state index in [0.717, 1.165) is 24.8 Å². The summed E-state index contributed by atoms with van der Waals surface area (Å²) in [5.74, 6) is 1.82. The van der Waals surface area contributed by atoms with Crippen molar-refractivity contribution in [2.45, 2.75) is 49.5 Å². The van der Waals surface area contributed by atoms with Crippen LogP contribution in [0.15, 0.2) is 27.6 Å². The van der Waals surface area contributed by atoms with Crippen molar-refractivity contribution < 1.29 is 17.7 Å². The summed E-state index contributed by atoms with van der Waals surface area (Å²) in [6, 6.07) is 4.76. The highest BCUT2D eigenvalue weighted by Crippen LogP contribution is 2.41. The number of nitrogens with zero attached hydrogens (tertiary/aromatic N) is 3. The zero-order valence-corrected chi connectivity index (χ0v) is 15.1. The Labute approximate surface area is 147 Å². The van der Waals surface area contributed by atoms with Gasteiger partial charge in [-0.3, -0.25) is 0 Å². The molecule has 1 unspecified atom stereocenters. The zero-order valence-electron chi connectivity index (χ0n) is 14.3. The summed E-state index contributed by atoms with van der Waals surface area (Å²) >= 11 is 0. The minimum absolute atomic E-state index is 0.184. The molecule has 1 aliphatic carbocycles. The standard InChI is InChI=1S/C17H21N3O4S/c1-11-5-8-14(23-2)15(10-11)25(21,22)20-9-3-4-13(20)17-18-16(19-24-17)12-6-7-12/h5,8,10,12-13H,3-4,6-7,9H2,1-2H3. The molecule has 2 aromatic rings. The van der Waals surface area contributed by atoms with E-state index in [2.05, 4.69) is 10.1 Å². The summed E-state index contributed by atoms with van der Waals surface area (Å²) in [4.78, 5) is 4.64. The molecule has 134 valence electrons. The molecule has 8 heteroatoms. The summed E-state index contributed by atoms with van der Waals surface area (Å²) in [5, 5.41) is 4.03. The molecule has 0 bridgehead atoms. The number of benzene rings is 1. The predicted octanol–water partition coefficient (Wildman–Crippen LogP) is 2.79. The van der Waals surface area contributed by atoms with Crippen LogP contribution in [-0.4, -0.2) is 36.5 Å². The summed E-state index contributed by atoms with van der Waals surface area (Å²) < 4.78 is 38.7. The van der Waals surface area contributed by atoms with Crippen LogP contribution in [0.4, 0.5) is 0 Å². The van der Waals surface area contributed by atoms with Gasteiger partial charge in [0.05, 0.1) is 7.11 Å². The Bertz CT molecular complexity index is 889. The molecule has 1 aromatic heterocycles. The van der Waals surface area contributed by atoms with E-state index in [1.165, 1.54) is 11.4 Å². The molecule has 1 aromatic carbocycles. The molecule has 2 aliphatic rings. The lowest BCUT2D eigenvalue weighted by molar-refractivity contribution is 0.288. The van der Waals surface area contributed by atoms with Gasteiger partial charge in [-0.05, 0) is 50.3 Å². The first kappa shape index (κ1) is 16.5. The zero-order chi connectivity index (χ0) is 17.6. The van der Waals surface area contributed by atoms with Gasteiger partial charge in [-0.25, -0.2) is 8.42 Å². The van der Waals surface area contributed by atoms with Gasteiger partial charge < -0.3 is 9.26 Å². The lowest BCUT2D eigenvalue weighted by atomic mass is 10.2. The molecule has 1 aliphatic heterocycles. The Hall–Kier alpha value is -1.93. The number of sulfonamides is 1. The number of aryl methyl sites for hydroxylation is 1. The van der Waals surface area contributed by atoms with Gasteiger partial charge in [0.25, 0.3) is 0 Å². The van der Waals surface area contributed by atoms with Crippen molar-refractivity contribution >= 4 is 10.0 Å². The fourth-order valence-corrected chi connectivity index (χ4v) is 5.17. The van der Waals surface area contributed by atoms with Crippen LogP contribution in [-0.2, 0) is 10.0 Å². The monoisotopic (exact) mass is 363 g/mol. The molecule has 2 fully saturated rings. The SMILES string of the molecule is COc1ccc(C)cc1S(=O)(=O)N1CCCC1c1nc(C2CC2)no1. The van der Waals surface area contributed by atoms with E-state index < -0.39 is 16.1 Å². The Morgan fingerprint density at radius 2 is 2.08 bits per heavy atom. The molecular weight excluding hydrogens is 342 g/mol. The van der Waals surface area contributed by atoms with E-state index in [1.54, 1.807) is 12.1 Å². The highest BCUT2D eigenvalue weighted by molar-refractivity contribution is 7.89. The number of ether oxygens (including phenoxy) is 1. The van der Waals surface area contributed by atoms with E-state index in [4.69, 9.17) is 9.26 Å². The molecule has 0 radical (unpaired) electrons. The molecule has 25 heavy (non-hydrogen) atoms. The topological polar surface area (TPSA) is 85.5 Å². The molecular formula is C17H21N3O4S. The van der Waals surface area contributed by atoms with Gasteiger partial charge >= 0.3 is 0 Å². The largest absolute Gasteiger partial charge is 0.495 e. The maximum atomic E-state index is 13.3. The van der Waals surface area contributed by atoms with Gasteiger partial charge in [-0.1, -0.05) is 11.2 Å². The third-order valence-electron chi connectivity index (χ3n) is 4.79. The fraction of sp³-hybridized carbons (Fsp3) is 0.529. The van der Waals surface area contributed by atoms with Crippen LogP contribution < -0.4 is 4.74 Å². The summed E-state index contributed by atoms with van der Waals surface area (Å²) in [7, 11) is -2.24. The first-order chi connectivity index (χ1) is 12.0. The molecule has 0 N–H and O–H groups in total. The van der Waals surface area contributed by atoms with E-state index in [0.29, 0.717) is 36.3 Å². The second-order valence-corrected chi connectivity index (χ2v) is 8.55. The maximum absolute atomic E-state index is 13.3. The quantitative estimate of drug-likeness (QED) is 0.812. The lowest BCUT2D eigenvalue weighted by Gasteiger charge is -2.22. The van der Waals surface area contributed by atoms with Crippen molar-refractivity contribution in [3.05, 3.63) is 35.5 Å². The van der Waals surface area contributed by atoms with Crippen LogP contribution in [0, 0.1) is 6.92 Å². The third kappa shape index (κ3) is 2.93. The van der Waals surface area contributed by atoms with Gasteiger partial charge in [0.2, 0.25) is 15.9 Å². The van der Waals surface area contributed by atoms with Crippen LogP contribution >= 0.6 is 0 Å². The average molecular weight is 363 g/mol. The number of aromatic nitrogens is 2. The lowest BCUT2D eigenvalue weighted by Crippen LogP contribution is -2.31. The van der Waals surface area contributed by atoms with Gasteiger partial charge in [0, 0.05) is 12.5 Å². The first-order valence-electron chi connectivity index (χ1n) is 8.50. The summed E-state index contributed by atoms with van der Waals surface area (Å²) in [5.41, 5.74) is 0.865. The second kappa shape index (κ2) is 6.10. The molecule has 1 saturated heterocycles. The number of hydrogen-bond donors (Lipinski definition) is 0. The minimum Gasteiger partial charge on any atom is -0.495 e. The van der Waals surface area contributed by atoms with Gasteiger partial charge in [-0.2, -0.15) is 9.29 Å². The van der Waals surface area contributed by atoms with Crippen LogP contribution in [0.1, 0.15) is 54.9 Å². The average Bonchev–Trinajstić information content (AvgIpc) is 3.12. The maximum Gasteiger partial charge on any atom is 0.247 e. The summed E-state index contributed by atoms with van der Waals surface area (Å²) in [6.45, 7) is 2.30. The van der Waals surface area contributed by atoms with Crippen molar-refractivity contribution in [3.8, 4) is 5.75 Å². The normalized spacial score (nSPS) is 21.6. The van der Waals surface area contributed by atoms with Gasteiger partial charge in [-0.15, -0.1) is 0 Å². The molecule has 2 heterocycles. The molecule has 0 amide bonds. The Kier molecular flexibility index (Phi) is 4.04. The third-order valence-corrected chi connectivity index (χ3v) is 6.72. The van der Waals surface area contributed by atoms with Crippen LogP contribution in [0.3, 0.4) is 0 Å². The number of rotatable bonds is 5. The van der Waals surface area contributed by atoms with Crippen molar-refractivity contribution in [3.63, 3.8) is 0 Å². The van der Waals surface area contributed by atoms with E-state index >= 15 is 0 Å². The summed E-state index contributed by atoms with van der Waals surface area (Å²) in [6.07, 6.45) is 3.59. The van der Waals surface area contributed by atoms with E-state index in [1.807, 2.05) is 13.0 Å². The molecule has 1 atom stereocenters. The predicted molar refractivity (Wildman–Crippen MR) is 89.9 cm³/mol. The Morgan fingerprint density at radius 1 is 1.28 bits per heavy atom. The van der Waals surface area contributed by atoms with Gasteiger partial charge in [0.1, 0.15) is 16.7 Å². The number of hydrogen-bond acceptors (Lipinski definition) is 6. The Balaban J connectivity index is 1.70. The second-order valence-electron chi connectivity index (χ2n) is 6.69. The van der Waals surface area contributed by atoms with Crippen molar-refractivity contribution in [1.29, 1.82) is 0 Å². The number of methoxy groups -OCH3 is 1. The van der Waals surface area contributed by atoms with E-state index in [9.17, 15) is 8.42 Å². The fourth-order valence-electron chi connectivity index (χ4n) is 3.28. The van der Waals surface area contributed by atoms with E-state index in [-0.39, 0.29) is 4.90 Å². The molecule has 1 saturated carbocycles. The van der Waals surface area contributed by atoms with Crippen molar-refractivity contribution in [1.82, 2.24) is 14.4 Å². The smallest absolute Gasteiger partial charge is 0.247 e. The van der Waals surface area contributed by atoms with Crippen molar-refractivity contribution in [2.24, 2.45) is 0 Å². The molecule has 7 nitrogen and oxygen atoms in total. The highest BCUT2D eigenvalue weighted by Gasteiger charge is 2.41. The highest BCUT2D eigenvalue weighted by atomic mass is 32.2. The Morgan fingerprint density at radius 3 is 2.80 bits per heavy atom. The van der Waals surface area contributed by atoms with Gasteiger partial charge in [0.15, 0.2) is 5.82 Å². The van der Waals surface area contributed by atoms with Crippen LogP contribution in [0.5, 0.6) is 5.75 Å².